The highest BCUT2D eigenvalue weighted by Crippen LogP contribution is 2.32. The second kappa shape index (κ2) is 7.21. The van der Waals surface area contributed by atoms with Crippen LogP contribution < -0.4 is 5.32 Å². The number of halogens is 2. The lowest BCUT2D eigenvalue weighted by atomic mass is 10.1. The van der Waals surface area contributed by atoms with Crippen molar-refractivity contribution in [1.82, 2.24) is 14.8 Å². The Morgan fingerprint density at radius 1 is 1.33 bits per heavy atom. The Labute approximate surface area is 167 Å². The molecule has 0 aliphatic rings. The molecule has 4 rings (SSSR count). The molecule has 0 fully saturated rings. The molecular formula is C19H14BrFN4OS. The van der Waals surface area contributed by atoms with Gasteiger partial charge in [-0.3, -0.25) is 4.79 Å². The molecule has 0 bridgehead atoms. The molecule has 3 heterocycles. The van der Waals surface area contributed by atoms with Gasteiger partial charge in [-0.25, -0.2) is 14.1 Å². The molecule has 0 aliphatic carbocycles. The molecule has 1 N–H and O–H groups in total. The Hall–Kier alpha value is -2.58. The van der Waals surface area contributed by atoms with E-state index in [4.69, 9.17) is 0 Å². The quantitative estimate of drug-likeness (QED) is 0.481. The number of amides is 1. The van der Waals surface area contributed by atoms with Gasteiger partial charge in [-0.15, -0.1) is 11.3 Å². The number of rotatable bonds is 4. The topological polar surface area (TPSA) is 59.8 Å². The fourth-order valence-electron chi connectivity index (χ4n) is 2.95. The second-order valence-electron chi connectivity index (χ2n) is 5.95. The number of benzene rings is 1. The van der Waals surface area contributed by atoms with Crippen molar-refractivity contribution in [2.75, 3.05) is 5.32 Å². The summed E-state index contributed by atoms with van der Waals surface area (Å²) in [6.45, 7) is 1.84. The zero-order valence-corrected chi connectivity index (χ0v) is 16.6. The molecule has 0 atom stereocenters. The van der Waals surface area contributed by atoms with E-state index in [1.807, 2.05) is 30.5 Å². The Kier molecular flexibility index (Phi) is 4.75. The van der Waals surface area contributed by atoms with E-state index in [-0.39, 0.29) is 18.1 Å². The van der Waals surface area contributed by atoms with Crippen LogP contribution in [0.25, 0.3) is 21.5 Å². The molecule has 3 aromatic heterocycles. The predicted molar refractivity (Wildman–Crippen MR) is 108 cm³/mol. The van der Waals surface area contributed by atoms with Crippen molar-refractivity contribution >= 4 is 49.9 Å². The number of aromatic nitrogens is 3. The van der Waals surface area contributed by atoms with Crippen LogP contribution in [-0.2, 0) is 11.3 Å². The summed E-state index contributed by atoms with van der Waals surface area (Å²) < 4.78 is 16.1. The SMILES string of the molecule is Cc1nn(CC(=O)Nc2ccc(Br)cc2F)c2nccc(-c3cccs3)c12. The van der Waals surface area contributed by atoms with Gasteiger partial charge in [0, 0.05) is 21.1 Å². The monoisotopic (exact) mass is 444 g/mol. The summed E-state index contributed by atoms with van der Waals surface area (Å²) in [7, 11) is 0. The standard InChI is InChI=1S/C19H14BrFN4OS/c1-11-18-13(16-3-2-8-27-16)6-7-22-19(18)25(24-11)10-17(26)23-15-5-4-12(20)9-14(15)21/h2-9H,10H2,1H3,(H,23,26). The first-order chi connectivity index (χ1) is 13.0. The third-order valence-corrected chi connectivity index (χ3v) is 5.49. The van der Waals surface area contributed by atoms with Crippen LogP contribution in [0.5, 0.6) is 0 Å². The van der Waals surface area contributed by atoms with E-state index in [2.05, 4.69) is 31.3 Å². The van der Waals surface area contributed by atoms with Crippen LogP contribution in [0.1, 0.15) is 5.69 Å². The number of hydrogen-bond donors (Lipinski definition) is 1. The fourth-order valence-corrected chi connectivity index (χ4v) is 4.04. The van der Waals surface area contributed by atoms with Gasteiger partial charge in [0.2, 0.25) is 5.91 Å². The van der Waals surface area contributed by atoms with Crippen molar-refractivity contribution in [3.8, 4) is 10.4 Å². The van der Waals surface area contributed by atoms with Gasteiger partial charge in [-0.1, -0.05) is 22.0 Å². The Bertz CT molecular complexity index is 1140. The molecule has 4 aromatic rings. The molecule has 0 radical (unpaired) electrons. The summed E-state index contributed by atoms with van der Waals surface area (Å²) in [6.07, 6.45) is 1.71. The summed E-state index contributed by atoms with van der Waals surface area (Å²) in [5, 5.41) is 9.99. The molecule has 136 valence electrons. The fraction of sp³-hybridized carbons (Fsp3) is 0.105. The van der Waals surface area contributed by atoms with Crippen molar-refractivity contribution in [1.29, 1.82) is 0 Å². The van der Waals surface area contributed by atoms with Gasteiger partial charge in [0.05, 0.1) is 16.8 Å². The maximum absolute atomic E-state index is 13.9. The summed E-state index contributed by atoms with van der Waals surface area (Å²) in [5.41, 5.74) is 2.59. The van der Waals surface area contributed by atoms with Gasteiger partial charge in [-0.2, -0.15) is 5.10 Å². The van der Waals surface area contributed by atoms with Crippen molar-refractivity contribution in [2.24, 2.45) is 0 Å². The summed E-state index contributed by atoms with van der Waals surface area (Å²) in [4.78, 5) is 17.9. The van der Waals surface area contributed by atoms with Crippen LogP contribution in [0.2, 0.25) is 0 Å². The Morgan fingerprint density at radius 3 is 2.93 bits per heavy atom. The average molecular weight is 445 g/mol. The number of nitrogens with zero attached hydrogens (tertiary/aromatic N) is 3. The van der Waals surface area contributed by atoms with Gasteiger partial charge in [0.25, 0.3) is 0 Å². The van der Waals surface area contributed by atoms with Crippen LogP contribution in [0.15, 0.2) is 52.4 Å². The number of anilines is 1. The largest absolute Gasteiger partial charge is 0.322 e. The highest BCUT2D eigenvalue weighted by Gasteiger charge is 2.17. The van der Waals surface area contributed by atoms with E-state index in [9.17, 15) is 9.18 Å². The number of pyridine rings is 1. The van der Waals surface area contributed by atoms with Crippen LogP contribution in [-0.4, -0.2) is 20.7 Å². The van der Waals surface area contributed by atoms with Crippen LogP contribution in [0, 0.1) is 12.7 Å². The number of nitrogens with one attached hydrogen (secondary N) is 1. The minimum absolute atomic E-state index is 0.0548. The van der Waals surface area contributed by atoms with E-state index >= 15 is 0 Å². The first-order valence-electron chi connectivity index (χ1n) is 8.14. The molecule has 0 unspecified atom stereocenters. The van der Waals surface area contributed by atoms with E-state index in [1.165, 1.54) is 12.1 Å². The van der Waals surface area contributed by atoms with Crippen LogP contribution >= 0.6 is 27.3 Å². The number of hydrogen-bond acceptors (Lipinski definition) is 4. The lowest BCUT2D eigenvalue weighted by Crippen LogP contribution is -2.20. The van der Waals surface area contributed by atoms with Crippen molar-refractivity contribution in [3.05, 3.63) is 64.0 Å². The third kappa shape index (κ3) is 3.50. The van der Waals surface area contributed by atoms with Crippen molar-refractivity contribution in [2.45, 2.75) is 13.5 Å². The molecule has 0 aliphatic heterocycles. The van der Waals surface area contributed by atoms with Crippen molar-refractivity contribution in [3.63, 3.8) is 0 Å². The van der Waals surface area contributed by atoms with Crippen molar-refractivity contribution < 1.29 is 9.18 Å². The maximum Gasteiger partial charge on any atom is 0.246 e. The van der Waals surface area contributed by atoms with E-state index < -0.39 is 5.82 Å². The van der Waals surface area contributed by atoms with Gasteiger partial charge >= 0.3 is 0 Å². The normalized spacial score (nSPS) is 11.1. The Morgan fingerprint density at radius 2 is 2.19 bits per heavy atom. The third-order valence-electron chi connectivity index (χ3n) is 4.09. The van der Waals surface area contributed by atoms with E-state index in [1.54, 1.807) is 28.3 Å². The molecule has 8 heteroatoms. The number of fused-ring (bicyclic) bond motifs is 1. The molecule has 0 saturated carbocycles. The zero-order valence-electron chi connectivity index (χ0n) is 14.2. The number of aryl methyl sites for hydroxylation is 1. The summed E-state index contributed by atoms with van der Waals surface area (Å²) >= 11 is 4.83. The predicted octanol–water partition coefficient (Wildman–Crippen LogP) is 5.01. The number of carbonyl (C=O) groups excluding carboxylic acids is 1. The molecule has 0 saturated heterocycles. The van der Waals surface area contributed by atoms with E-state index in [0.717, 1.165) is 21.5 Å². The second-order valence-corrected chi connectivity index (χ2v) is 7.81. The first kappa shape index (κ1) is 17.8. The smallest absolute Gasteiger partial charge is 0.246 e. The molecule has 1 aromatic carbocycles. The average Bonchev–Trinajstić information content (AvgIpc) is 3.27. The molecule has 1 amide bonds. The molecular weight excluding hydrogens is 431 g/mol. The zero-order chi connectivity index (χ0) is 19.0. The van der Waals surface area contributed by atoms with Gasteiger partial charge in [-0.05, 0) is 42.6 Å². The Balaban J connectivity index is 1.65. The van der Waals surface area contributed by atoms with Gasteiger partial charge < -0.3 is 5.32 Å². The minimum atomic E-state index is -0.502. The summed E-state index contributed by atoms with van der Waals surface area (Å²) in [6, 6.07) is 10.5. The lowest BCUT2D eigenvalue weighted by Gasteiger charge is -2.07. The van der Waals surface area contributed by atoms with E-state index in [0.29, 0.717) is 10.1 Å². The molecule has 0 spiro atoms. The highest BCUT2D eigenvalue weighted by atomic mass is 79.9. The van der Waals surface area contributed by atoms with Crippen LogP contribution in [0.4, 0.5) is 10.1 Å². The minimum Gasteiger partial charge on any atom is -0.322 e. The number of carbonyl (C=O) groups is 1. The first-order valence-corrected chi connectivity index (χ1v) is 9.81. The van der Waals surface area contributed by atoms with Crippen LogP contribution in [0.3, 0.4) is 0 Å². The maximum atomic E-state index is 13.9. The lowest BCUT2D eigenvalue weighted by molar-refractivity contribution is -0.116. The molecule has 27 heavy (non-hydrogen) atoms. The summed E-state index contributed by atoms with van der Waals surface area (Å²) in [5.74, 6) is -0.874. The van der Waals surface area contributed by atoms with Gasteiger partial charge in [0.15, 0.2) is 5.65 Å². The highest BCUT2D eigenvalue weighted by molar-refractivity contribution is 9.10. The molecule has 5 nitrogen and oxygen atoms in total. The van der Waals surface area contributed by atoms with Gasteiger partial charge in [0.1, 0.15) is 12.4 Å². The number of thiophene rings is 1.